The Morgan fingerprint density at radius 1 is 0.967 bits per heavy atom. The molecule has 0 radical (unpaired) electrons. The molecule has 0 unspecified atom stereocenters. The van der Waals surface area contributed by atoms with E-state index in [1.54, 1.807) is 36.4 Å². The molecule has 0 spiro atoms. The topological polar surface area (TPSA) is 132 Å². The van der Waals surface area contributed by atoms with Crippen molar-refractivity contribution < 1.29 is 27.5 Å². The Bertz CT molecular complexity index is 1220. The van der Waals surface area contributed by atoms with Crippen molar-refractivity contribution in [2.75, 3.05) is 13.7 Å². The number of carbonyl (C=O) groups excluding carboxylic acids is 3. The van der Waals surface area contributed by atoms with Crippen LogP contribution in [-0.2, 0) is 19.6 Å². The summed E-state index contributed by atoms with van der Waals surface area (Å²) in [6, 6.07) is 14.2. The zero-order chi connectivity index (χ0) is 21.7. The highest BCUT2D eigenvalue weighted by atomic mass is 32.2. The summed E-state index contributed by atoms with van der Waals surface area (Å²) in [6.07, 6.45) is 1.07. The van der Waals surface area contributed by atoms with Crippen molar-refractivity contribution in [2.45, 2.75) is 4.90 Å². The van der Waals surface area contributed by atoms with Gasteiger partial charge in [-0.3, -0.25) is 19.4 Å². The largest absolute Gasteiger partial charge is 0.468 e. The number of nitrogens with zero attached hydrogens (tertiary/aromatic N) is 1. The maximum absolute atomic E-state index is 12.7. The SMILES string of the molecule is COC(=O)CNC(=O)c1ccc(C(=O)NS(=O)(=O)c2cccc3ccccc23)cn1. The lowest BCUT2D eigenvalue weighted by Crippen LogP contribution is -2.32. The van der Waals surface area contributed by atoms with E-state index in [-0.39, 0.29) is 22.7 Å². The Hall–Kier alpha value is -3.79. The fourth-order valence-electron chi connectivity index (χ4n) is 2.64. The van der Waals surface area contributed by atoms with Gasteiger partial charge in [0.15, 0.2) is 0 Å². The van der Waals surface area contributed by atoms with Gasteiger partial charge in [0.05, 0.1) is 17.6 Å². The van der Waals surface area contributed by atoms with E-state index in [0.29, 0.717) is 5.39 Å². The van der Waals surface area contributed by atoms with E-state index in [1.165, 1.54) is 25.3 Å². The van der Waals surface area contributed by atoms with Crippen molar-refractivity contribution in [2.24, 2.45) is 0 Å². The number of hydrogen-bond acceptors (Lipinski definition) is 7. The number of benzene rings is 2. The number of aromatic nitrogens is 1. The molecule has 9 nitrogen and oxygen atoms in total. The lowest BCUT2D eigenvalue weighted by atomic mass is 10.1. The van der Waals surface area contributed by atoms with Gasteiger partial charge in [-0.25, -0.2) is 13.1 Å². The maximum Gasteiger partial charge on any atom is 0.325 e. The zero-order valence-corrected chi connectivity index (χ0v) is 16.6. The zero-order valence-electron chi connectivity index (χ0n) is 15.8. The van der Waals surface area contributed by atoms with Crippen LogP contribution in [0.4, 0.5) is 0 Å². The molecule has 0 aliphatic carbocycles. The molecule has 2 aromatic carbocycles. The molecule has 0 bridgehead atoms. The molecule has 0 saturated heterocycles. The molecular weight excluding hydrogens is 410 g/mol. The van der Waals surface area contributed by atoms with Gasteiger partial charge in [0, 0.05) is 11.6 Å². The molecule has 0 fully saturated rings. The summed E-state index contributed by atoms with van der Waals surface area (Å²) in [5.74, 6) is -2.16. The third kappa shape index (κ3) is 4.61. The minimum atomic E-state index is -4.14. The predicted molar refractivity (Wildman–Crippen MR) is 107 cm³/mol. The fraction of sp³-hybridized carbons (Fsp3) is 0.100. The van der Waals surface area contributed by atoms with Crippen molar-refractivity contribution in [3.63, 3.8) is 0 Å². The van der Waals surface area contributed by atoms with Gasteiger partial charge < -0.3 is 10.1 Å². The van der Waals surface area contributed by atoms with E-state index in [9.17, 15) is 22.8 Å². The average Bonchev–Trinajstić information content (AvgIpc) is 2.76. The van der Waals surface area contributed by atoms with Gasteiger partial charge in [-0.2, -0.15) is 0 Å². The summed E-state index contributed by atoms with van der Waals surface area (Å²) in [4.78, 5) is 39.2. The third-order valence-corrected chi connectivity index (χ3v) is 5.53. The van der Waals surface area contributed by atoms with Crippen molar-refractivity contribution in [3.8, 4) is 0 Å². The third-order valence-electron chi connectivity index (χ3n) is 4.15. The molecule has 10 heteroatoms. The van der Waals surface area contributed by atoms with E-state index in [1.807, 2.05) is 4.72 Å². The first kappa shape index (κ1) is 20.9. The molecule has 3 rings (SSSR count). The van der Waals surface area contributed by atoms with Crippen LogP contribution in [0.5, 0.6) is 0 Å². The minimum Gasteiger partial charge on any atom is -0.468 e. The van der Waals surface area contributed by atoms with Gasteiger partial charge in [0.1, 0.15) is 12.2 Å². The Morgan fingerprint density at radius 2 is 1.70 bits per heavy atom. The highest BCUT2D eigenvalue weighted by Gasteiger charge is 2.21. The number of hydrogen-bond donors (Lipinski definition) is 2. The maximum atomic E-state index is 12.7. The fourth-order valence-corrected chi connectivity index (χ4v) is 3.85. The van der Waals surface area contributed by atoms with E-state index in [4.69, 9.17) is 0 Å². The van der Waals surface area contributed by atoms with Gasteiger partial charge in [-0.05, 0) is 23.6 Å². The smallest absolute Gasteiger partial charge is 0.325 e. The summed E-state index contributed by atoms with van der Waals surface area (Å²) in [5.41, 5.74) is -0.101. The molecule has 2 N–H and O–H groups in total. The van der Waals surface area contributed by atoms with E-state index in [0.717, 1.165) is 11.6 Å². The molecule has 0 atom stereocenters. The molecule has 0 aliphatic rings. The summed E-state index contributed by atoms with van der Waals surface area (Å²) in [7, 11) is -2.95. The summed E-state index contributed by atoms with van der Waals surface area (Å²) in [5, 5.41) is 3.50. The minimum absolute atomic E-state index is 0.0271. The molecule has 154 valence electrons. The van der Waals surface area contributed by atoms with Crippen molar-refractivity contribution in [3.05, 3.63) is 72.1 Å². The second-order valence-electron chi connectivity index (χ2n) is 6.10. The summed E-state index contributed by atoms with van der Waals surface area (Å²) < 4.78 is 31.9. The van der Waals surface area contributed by atoms with Crippen molar-refractivity contribution in [1.29, 1.82) is 0 Å². The van der Waals surface area contributed by atoms with Crippen LogP contribution in [0.2, 0.25) is 0 Å². The van der Waals surface area contributed by atoms with Gasteiger partial charge >= 0.3 is 5.97 Å². The number of carbonyl (C=O) groups is 3. The van der Waals surface area contributed by atoms with Gasteiger partial charge in [0.2, 0.25) is 0 Å². The Labute approximate surface area is 172 Å². The van der Waals surface area contributed by atoms with Crippen LogP contribution in [0.25, 0.3) is 10.8 Å². The molecule has 2 amide bonds. The van der Waals surface area contributed by atoms with E-state index < -0.39 is 27.8 Å². The first-order chi connectivity index (χ1) is 14.3. The highest BCUT2D eigenvalue weighted by molar-refractivity contribution is 7.90. The number of rotatable bonds is 6. The van der Waals surface area contributed by atoms with Crippen molar-refractivity contribution >= 4 is 38.6 Å². The van der Waals surface area contributed by atoms with Gasteiger partial charge in [-0.15, -0.1) is 0 Å². The monoisotopic (exact) mass is 427 g/mol. The van der Waals surface area contributed by atoms with Crippen LogP contribution in [0.3, 0.4) is 0 Å². The first-order valence-corrected chi connectivity index (χ1v) is 10.2. The number of pyridine rings is 1. The predicted octanol–water partition coefficient (Wildman–Crippen LogP) is 1.26. The number of ether oxygens (including phenoxy) is 1. The molecule has 0 aliphatic heterocycles. The van der Waals surface area contributed by atoms with E-state index in [2.05, 4.69) is 15.0 Å². The highest BCUT2D eigenvalue weighted by Crippen LogP contribution is 2.22. The summed E-state index contributed by atoms with van der Waals surface area (Å²) >= 11 is 0. The molecule has 30 heavy (non-hydrogen) atoms. The van der Waals surface area contributed by atoms with Crippen LogP contribution < -0.4 is 10.0 Å². The first-order valence-electron chi connectivity index (χ1n) is 8.68. The van der Waals surface area contributed by atoms with Crippen LogP contribution >= 0.6 is 0 Å². The normalized spacial score (nSPS) is 11.0. The molecule has 1 heterocycles. The number of nitrogens with one attached hydrogen (secondary N) is 2. The standard InChI is InChI=1S/C20H17N3O6S/c1-29-18(24)12-22-20(26)16-10-9-14(11-21-16)19(25)23-30(27,28)17-8-4-6-13-5-2-3-7-15(13)17/h2-11H,12H2,1H3,(H,22,26)(H,23,25). The quantitative estimate of drug-likeness (QED) is 0.566. The van der Waals surface area contributed by atoms with Gasteiger partial charge in [0.25, 0.3) is 21.8 Å². The van der Waals surface area contributed by atoms with E-state index >= 15 is 0 Å². The molecular formula is C20H17N3O6S. The second-order valence-corrected chi connectivity index (χ2v) is 7.75. The van der Waals surface area contributed by atoms with Gasteiger partial charge in [-0.1, -0.05) is 36.4 Å². The lowest BCUT2D eigenvalue weighted by molar-refractivity contribution is -0.139. The number of methoxy groups -OCH3 is 1. The van der Waals surface area contributed by atoms with Crippen LogP contribution in [0, 0.1) is 0 Å². The van der Waals surface area contributed by atoms with Crippen LogP contribution in [0.1, 0.15) is 20.8 Å². The molecule has 3 aromatic rings. The number of sulfonamides is 1. The number of amides is 2. The Kier molecular flexibility index (Phi) is 6.07. The van der Waals surface area contributed by atoms with Crippen LogP contribution in [0.15, 0.2) is 65.7 Å². The Morgan fingerprint density at radius 3 is 2.40 bits per heavy atom. The number of esters is 1. The summed E-state index contributed by atoms with van der Waals surface area (Å²) in [6.45, 7) is -0.331. The average molecular weight is 427 g/mol. The van der Waals surface area contributed by atoms with Crippen LogP contribution in [-0.4, -0.2) is 44.8 Å². The number of fused-ring (bicyclic) bond motifs is 1. The second kappa shape index (κ2) is 8.70. The Balaban J connectivity index is 1.75. The molecule has 0 saturated carbocycles. The molecule has 1 aromatic heterocycles. The van der Waals surface area contributed by atoms with Crippen molar-refractivity contribution in [1.82, 2.24) is 15.0 Å². The lowest BCUT2D eigenvalue weighted by Gasteiger charge is -2.10.